The first-order valence-corrected chi connectivity index (χ1v) is 7.56. The Morgan fingerprint density at radius 2 is 1.86 bits per heavy atom. The monoisotopic (exact) mass is 278 g/mol. The molecule has 4 rings (SSSR count). The van der Waals surface area contributed by atoms with E-state index in [1.165, 1.54) is 0 Å². The van der Waals surface area contributed by atoms with Crippen molar-refractivity contribution in [3.63, 3.8) is 0 Å². The lowest BCUT2D eigenvalue weighted by Gasteiger charge is -2.02. The zero-order valence-corrected chi connectivity index (χ0v) is 11.8. The van der Waals surface area contributed by atoms with Gasteiger partial charge >= 0.3 is 0 Å². The lowest BCUT2D eigenvalue weighted by molar-refractivity contribution is -0.120. The molecular formula is C19H18O2. The molecule has 2 atom stereocenters. The molecule has 2 saturated carbocycles. The van der Waals surface area contributed by atoms with Crippen LogP contribution in [0.3, 0.4) is 0 Å². The van der Waals surface area contributed by atoms with Crippen molar-refractivity contribution in [2.24, 2.45) is 11.3 Å². The van der Waals surface area contributed by atoms with Crippen LogP contribution >= 0.6 is 0 Å². The number of rotatable bonds is 4. The maximum atomic E-state index is 12.6. The van der Waals surface area contributed by atoms with Crippen LogP contribution in [0.25, 0.3) is 0 Å². The normalized spacial score (nSPS) is 24.8. The number of Topliss-reactive ketones (excluding diaryl/α,β-unsaturated/α-hetero) is 1. The van der Waals surface area contributed by atoms with Gasteiger partial charge in [-0.2, -0.15) is 0 Å². The van der Waals surface area contributed by atoms with Crippen LogP contribution in [0.1, 0.15) is 29.9 Å². The average Bonchev–Trinajstić information content (AvgIpc) is 3.39. The van der Waals surface area contributed by atoms with Gasteiger partial charge in [-0.1, -0.05) is 42.5 Å². The molecule has 2 aromatic carbocycles. The summed E-state index contributed by atoms with van der Waals surface area (Å²) < 4.78 is 0. The maximum Gasteiger partial charge on any atom is 0.141 e. The molecule has 0 amide bonds. The van der Waals surface area contributed by atoms with E-state index in [4.69, 9.17) is 0 Å². The number of hydrogen-bond acceptors (Lipinski definition) is 2. The Morgan fingerprint density at radius 3 is 2.52 bits per heavy atom. The van der Waals surface area contributed by atoms with Gasteiger partial charge in [0.2, 0.25) is 0 Å². The molecule has 2 heteroatoms. The van der Waals surface area contributed by atoms with Crippen LogP contribution in [0.5, 0.6) is 5.75 Å². The van der Waals surface area contributed by atoms with E-state index in [9.17, 15) is 9.90 Å². The first kappa shape index (κ1) is 12.6. The number of carbonyl (C=O) groups excluding carboxylic acids is 1. The van der Waals surface area contributed by atoms with Gasteiger partial charge in [-0.25, -0.2) is 0 Å². The van der Waals surface area contributed by atoms with Gasteiger partial charge < -0.3 is 5.11 Å². The molecule has 2 aliphatic rings. The van der Waals surface area contributed by atoms with Gasteiger partial charge in [0.1, 0.15) is 11.5 Å². The van der Waals surface area contributed by atoms with Crippen molar-refractivity contribution in [3.8, 4) is 5.75 Å². The highest BCUT2D eigenvalue weighted by Crippen LogP contribution is 2.79. The van der Waals surface area contributed by atoms with Crippen molar-refractivity contribution >= 4 is 5.78 Å². The summed E-state index contributed by atoms with van der Waals surface area (Å²) in [6.45, 7) is 0. The van der Waals surface area contributed by atoms with E-state index < -0.39 is 0 Å². The molecule has 2 unspecified atom stereocenters. The second-order valence-corrected chi connectivity index (χ2v) is 6.41. The molecule has 106 valence electrons. The molecule has 2 nitrogen and oxygen atoms in total. The smallest absolute Gasteiger partial charge is 0.141 e. The van der Waals surface area contributed by atoms with E-state index in [1.807, 2.05) is 48.5 Å². The van der Waals surface area contributed by atoms with Crippen LogP contribution in [0.2, 0.25) is 0 Å². The molecule has 0 bridgehead atoms. The van der Waals surface area contributed by atoms with Gasteiger partial charge in [-0.05, 0) is 41.5 Å². The number of hydrogen-bond donors (Lipinski definition) is 1. The third-order valence-corrected chi connectivity index (χ3v) is 5.09. The summed E-state index contributed by atoms with van der Waals surface area (Å²) in [5.41, 5.74) is 2.44. The Bertz CT molecular complexity index is 686. The Labute approximate surface area is 124 Å². The molecule has 0 heterocycles. The van der Waals surface area contributed by atoms with Gasteiger partial charge in [0.05, 0.1) is 0 Å². The van der Waals surface area contributed by atoms with E-state index in [1.54, 1.807) is 6.07 Å². The maximum absolute atomic E-state index is 12.6. The van der Waals surface area contributed by atoms with Crippen LogP contribution in [-0.4, -0.2) is 10.9 Å². The third-order valence-electron chi connectivity index (χ3n) is 5.09. The number of carbonyl (C=O) groups is 1. The second kappa shape index (κ2) is 4.45. The molecule has 2 aliphatic carbocycles. The summed E-state index contributed by atoms with van der Waals surface area (Å²) in [6, 6.07) is 17.4. The van der Waals surface area contributed by atoms with Gasteiger partial charge in [-0.15, -0.1) is 0 Å². The second-order valence-electron chi connectivity index (χ2n) is 6.41. The quantitative estimate of drug-likeness (QED) is 0.926. The Morgan fingerprint density at radius 1 is 1.10 bits per heavy atom. The van der Waals surface area contributed by atoms with E-state index in [0.717, 1.165) is 24.0 Å². The highest BCUT2D eigenvalue weighted by molar-refractivity contribution is 5.89. The minimum atomic E-state index is 0.152. The molecule has 1 N–H and O–H groups in total. The van der Waals surface area contributed by atoms with Gasteiger partial charge in [0.15, 0.2) is 0 Å². The molecule has 1 spiro atoms. The van der Waals surface area contributed by atoms with Crippen molar-refractivity contribution in [1.29, 1.82) is 0 Å². The first-order chi connectivity index (χ1) is 10.2. The van der Waals surface area contributed by atoms with E-state index in [0.29, 0.717) is 23.9 Å². The summed E-state index contributed by atoms with van der Waals surface area (Å²) in [4.78, 5) is 12.6. The highest BCUT2D eigenvalue weighted by atomic mass is 16.3. The van der Waals surface area contributed by atoms with E-state index in [2.05, 4.69) is 0 Å². The topological polar surface area (TPSA) is 37.3 Å². The van der Waals surface area contributed by atoms with Crippen molar-refractivity contribution in [3.05, 3.63) is 65.7 Å². The largest absolute Gasteiger partial charge is 0.508 e. The van der Waals surface area contributed by atoms with E-state index in [-0.39, 0.29) is 11.3 Å². The average molecular weight is 278 g/mol. The third kappa shape index (κ3) is 2.06. The lowest BCUT2D eigenvalue weighted by atomic mass is 10.0. The molecule has 2 aromatic rings. The summed E-state index contributed by atoms with van der Waals surface area (Å²) >= 11 is 0. The number of phenolic OH excluding ortho intramolecular Hbond substituents is 1. The molecule has 0 radical (unpaired) electrons. The lowest BCUT2D eigenvalue weighted by Crippen LogP contribution is -2.07. The highest BCUT2D eigenvalue weighted by Gasteiger charge is 2.74. The molecule has 0 aromatic heterocycles. The SMILES string of the molecule is O=C(Cc1ccccc1)C1C(c2cccc(O)c2)C12CC2. The van der Waals surface area contributed by atoms with E-state index >= 15 is 0 Å². The summed E-state index contributed by atoms with van der Waals surface area (Å²) in [7, 11) is 0. The predicted molar refractivity (Wildman–Crippen MR) is 81.2 cm³/mol. The Balaban J connectivity index is 1.55. The Hall–Kier alpha value is -2.09. The summed E-state index contributed by atoms with van der Waals surface area (Å²) in [6.07, 6.45) is 2.83. The molecule has 21 heavy (non-hydrogen) atoms. The van der Waals surface area contributed by atoms with Crippen molar-refractivity contribution in [2.75, 3.05) is 0 Å². The van der Waals surface area contributed by atoms with Crippen molar-refractivity contribution in [1.82, 2.24) is 0 Å². The first-order valence-electron chi connectivity index (χ1n) is 7.56. The molecule has 2 fully saturated rings. The number of ketones is 1. The summed E-state index contributed by atoms with van der Waals surface area (Å²) in [5.74, 6) is 1.12. The van der Waals surface area contributed by atoms with Gasteiger partial charge in [-0.3, -0.25) is 4.79 Å². The minimum Gasteiger partial charge on any atom is -0.508 e. The minimum absolute atomic E-state index is 0.152. The number of aromatic hydroxyl groups is 1. The van der Waals surface area contributed by atoms with Crippen LogP contribution < -0.4 is 0 Å². The standard InChI is InChI=1S/C19H18O2/c20-15-8-4-7-14(12-15)17-18(19(17)9-10-19)16(21)11-13-5-2-1-3-6-13/h1-8,12,17-18,20H,9-11H2. The zero-order chi connectivity index (χ0) is 14.4. The van der Waals surface area contributed by atoms with Crippen molar-refractivity contribution < 1.29 is 9.90 Å². The van der Waals surface area contributed by atoms with Crippen LogP contribution in [0, 0.1) is 11.3 Å². The van der Waals surface area contributed by atoms with Crippen molar-refractivity contribution in [2.45, 2.75) is 25.2 Å². The molecular weight excluding hydrogens is 260 g/mol. The molecule has 0 aliphatic heterocycles. The summed E-state index contributed by atoms with van der Waals surface area (Å²) in [5, 5.41) is 9.66. The predicted octanol–water partition coefficient (Wildman–Crippen LogP) is 3.70. The van der Waals surface area contributed by atoms with Crippen LogP contribution in [-0.2, 0) is 11.2 Å². The number of benzene rings is 2. The number of phenols is 1. The fourth-order valence-electron chi connectivity index (χ4n) is 3.91. The fraction of sp³-hybridized carbons (Fsp3) is 0.316. The van der Waals surface area contributed by atoms with Crippen LogP contribution in [0.4, 0.5) is 0 Å². The van der Waals surface area contributed by atoms with Crippen LogP contribution in [0.15, 0.2) is 54.6 Å². The Kier molecular flexibility index (Phi) is 2.68. The zero-order valence-electron chi connectivity index (χ0n) is 11.8. The van der Waals surface area contributed by atoms with Gasteiger partial charge in [0.25, 0.3) is 0 Å². The van der Waals surface area contributed by atoms with Gasteiger partial charge in [0, 0.05) is 18.3 Å². The molecule has 0 saturated heterocycles. The fourth-order valence-corrected chi connectivity index (χ4v) is 3.91.